The van der Waals surface area contributed by atoms with Crippen LogP contribution in [0, 0.1) is 5.92 Å². The number of anilines is 2. The molecule has 4 heterocycles. The van der Waals surface area contributed by atoms with Gasteiger partial charge < -0.3 is 16.0 Å². The molecule has 1 aromatic heterocycles. The molecular formula is C12H16F3N5. The Labute approximate surface area is 114 Å². The van der Waals surface area contributed by atoms with E-state index in [1.807, 2.05) is 0 Å². The van der Waals surface area contributed by atoms with Crippen LogP contribution in [0.15, 0.2) is 6.20 Å². The largest absolute Gasteiger partial charge is 0.421 e. The van der Waals surface area contributed by atoms with Gasteiger partial charge in [-0.15, -0.1) is 0 Å². The van der Waals surface area contributed by atoms with Crippen molar-refractivity contribution in [2.45, 2.75) is 25.1 Å². The molecule has 5 nitrogen and oxygen atoms in total. The van der Waals surface area contributed by atoms with E-state index < -0.39 is 11.7 Å². The van der Waals surface area contributed by atoms with Crippen LogP contribution in [0.25, 0.3) is 0 Å². The summed E-state index contributed by atoms with van der Waals surface area (Å²) in [6, 6.07) is -0.00657. The highest BCUT2D eigenvalue weighted by Crippen LogP contribution is 2.36. The molecule has 1 unspecified atom stereocenters. The van der Waals surface area contributed by atoms with E-state index in [2.05, 4.69) is 20.2 Å². The van der Waals surface area contributed by atoms with Gasteiger partial charge in [-0.2, -0.15) is 18.2 Å². The van der Waals surface area contributed by atoms with Gasteiger partial charge in [0, 0.05) is 18.8 Å². The summed E-state index contributed by atoms with van der Waals surface area (Å²) in [5, 5.41) is 2.94. The summed E-state index contributed by atoms with van der Waals surface area (Å²) in [4.78, 5) is 9.44. The van der Waals surface area contributed by atoms with E-state index in [4.69, 9.17) is 5.73 Å². The first-order valence-electron chi connectivity index (χ1n) is 6.62. The van der Waals surface area contributed by atoms with Crippen molar-refractivity contribution in [2.24, 2.45) is 5.92 Å². The van der Waals surface area contributed by atoms with Crippen LogP contribution < -0.4 is 11.1 Å². The first-order valence-corrected chi connectivity index (χ1v) is 6.62. The molecule has 3 N–H and O–H groups in total. The van der Waals surface area contributed by atoms with Crippen molar-refractivity contribution in [3.05, 3.63) is 11.8 Å². The molecule has 0 aromatic carbocycles. The van der Waals surface area contributed by atoms with Crippen LogP contribution in [-0.2, 0) is 6.18 Å². The lowest BCUT2D eigenvalue weighted by atomic mass is 9.84. The van der Waals surface area contributed by atoms with Crippen LogP contribution >= 0.6 is 0 Å². The summed E-state index contributed by atoms with van der Waals surface area (Å²) in [5.74, 6) is 0.0443. The van der Waals surface area contributed by atoms with E-state index in [9.17, 15) is 13.2 Å². The van der Waals surface area contributed by atoms with Crippen molar-refractivity contribution in [1.29, 1.82) is 0 Å². The van der Waals surface area contributed by atoms with Gasteiger partial charge in [0.2, 0.25) is 5.95 Å². The quantitative estimate of drug-likeness (QED) is 0.864. The number of nitrogens with two attached hydrogens (primary N) is 1. The van der Waals surface area contributed by atoms with Gasteiger partial charge in [-0.1, -0.05) is 0 Å². The number of nitrogen functional groups attached to an aromatic ring is 1. The number of piperidine rings is 3. The van der Waals surface area contributed by atoms with E-state index in [1.54, 1.807) is 0 Å². The lowest BCUT2D eigenvalue weighted by Gasteiger charge is -2.45. The molecule has 1 aromatic rings. The minimum absolute atomic E-state index is 0.00657. The number of fused-ring (bicyclic) bond motifs is 3. The molecule has 110 valence electrons. The molecule has 0 radical (unpaired) electrons. The molecule has 4 rings (SSSR count). The molecule has 0 spiro atoms. The fourth-order valence-corrected chi connectivity index (χ4v) is 3.02. The lowest BCUT2D eigenvalue weighted by Crippen LogP contribution is -2.53. The maximum Gasteiger partial charge on any atom is 0.421 e. The van der Waals surface area contributed by atoms with Crippen molar-refractivity contribution < 1.29 is 13.2 Å². The molecule has 3 saturated heterocycles. The summed E-state index contributed by atoms with van der Waals surface area (Å²) < 4.78 is 38.9. The average Bonchev–Trinajstić information content (AvgIpc) is 2.38. The number of hydrogen-bond donors (Lipinski definition) is 2. The van der Waals surface area contributed by atoms with Crippen LogP contribution in [0.4, 0.5) is 24.9 Å². The number of aromatic nitrogens is 2. The molecule has 0 amide bonds. The monoisotopic (exact) mass is 287 g/mol. The topological polar surface area (TPSA) is 67.1 Å². The van der Waals surface area contributed by atoms with E-state index in [-0.39, 0.29) is 17.8 Å². The van der Waals surface area contributed by atoms with Crippen molar-refractivity contribution in [2.75, 3.05) is 30.7 Å². The normalized spacial score (nSPS) is 29.4. The van der Waals surface area contributed by atoms with Crippen molar-refractivity contribution >= 4 is 11.8 Å². The predicted molar refractivity (Wildman–Crippen MR) is 68.0 cm³/mol. The Morgan fingerprint density at radius 3 is 2.55 bits per heavy atom. The van der Waals surface area contributed by atoms with Gasteiger partial charge in [0.1, 0.15) is 11.4 Å². The van der Waals surface area contributed by atoms with Gasteiger partial charge in [0.05, 0.1) is 0 Å². The number of rotatable bonds is 2. The third kappa shape index (κ3) is 2.52. The highest BCUT2D eigenvalue weighted by molar-refractivity contribution is 5.48. The first-order chi connectivity index (χ1) is 9.43. The van der Waals surface area contributed by atoms with Crippen LogP contribution in [0.3, 0.4) is 0 Å². The second-order valence-corrected chi connectivity index (χ2v) is 5.38. The van der Waals surface area contributed by atoms with Crippen LogP contribution in [0.2, 0.25) is 0 Å². The highest BCUT2D eigenvalue weighted by Gasteiger charge is 2.38. The van der Waals surface area contributed by atoms with Gasteiger partial charge in [0.15, 0.2) is 0 Å². The fourth-order valence-electron chi connectivity index (χ4n) is 3.02. The van der Waals surface area contributed by atoms with E-state index >= 15 is 0 Å². The van der Waals surface area contributed by atoms with Gasteiger partial charge in [-0.25, -0.2) is 4.98 Å². The summed E-state index contributed by atoms with van der Waals surface area (Å²) in [7, 11) is 0. The average molecular weight is 287 g/mol. The maximum atomic E-state index is 13.0. The zero-order valence-electron chi connectivity index (χ0n) is 10.8. The van der Waals surface area contributed by atoms with Crippen molar-refractivity contribution in [3.8, 4) is 0 Å². The number of alkyl halides is 3. The standard InChI is InChI=1S/C12H16F3N5/c13-12(14,15)8-5-17-11(16)19-10(8)18-9-6-20-3-1-7(9)2-4-20/h5,7,9H,1-4,6H2,(H3,16,17,18,19). The lowest BCUT2D eigenvalue weighted by molar-refractivity contribution is -0.137. The Morgan fingerprint density at radius 1 is 1.30 bits per heavy atom. The summed E-state index contributed by atoms with van der Waals surface area (Å²) in [6.07, 6.45) is -1.71. The van der Waals surface area contributed by atoms with Gasteiger partial charge in [-0.3, -0.25) is 0 Å². The molecule has 3 fully saturated rings. The van der Waals surface area contributed by atoms with Crippen molar-refractivity contribution in [3.63, 3.8) is 0 Å². The minimum atomic E-state index is -4.48. The van der Waals surface area contributed by atoms with E-state index in [0.29, 0.717) is 5.92 Å². The van der Waals surface area contributed by atoms with Crippen LogP contribution in [0.5, 0.6) is 0 Å². The van der Waals surface area contributed by atoms with Gasteiger partial charge >= 0.3 is 6.18 Å². The van der Waals surface area contributed by atoms with E-state index in [1.165, 1.54) is 0 Å². The fraction of sp³-hybridized carbons (Fsp3) is 0.667. The Bertz CT molecular complexity index is 496. The van der Waals surface area contributed by atoms with Crippen molar-refractivity contribution in [1.82, 2.24) is 14.9 Å². The highest BCUT2D eigenvalue weighted by atomic mass is 19.4. The zero-order chi connectivity index (χ0) is 14.3. The molecule has 2 bridgehead atoms. The maximum absolute atomic E-state index is 13.0. The number of hydrogen-bond acceptors (Lipinski definition) is 5. The third-order valence-electron chi connectivity index (χ3n) is 4.09. The van der Waals surface area contributed by atoms with E-state index in [0.717, 1.165) is 38.7 Å². The van der Waals surface area contributed by atoms with Gasteiger partial charge in [0.25, 0.3) is 0 Å². The van der Waals surface area contributed by atoms with Gasteiger partial charge in [-0.05, 0) is 31.8 Å². The Hall–Kier alpha value is -1.57. The zero-order valence-corrected chi connectivity index (χ0v) is 10.8. The Kier molecular flexibility index (Phi) is 3.19. The number of nitrogens with zero attached hydrogens (tertiary/aromatic N) is 3. The Morgan fingerprint density at radius 2 is 2.00 bits per heavy atom. The first kappa shape index (κ1) is 13.4. The van der Waals surface area contributed by atoms with Crippen LogP contribution in [-0.4, -0.2) is 40.5 Å². The molecule has 3 aliphatic heterocycles. The smallest absolute Gasteiger partial charge is 0.368 e. The minimum Gasteiger partial charge on any atom is -0.368 e. The molecule has 0 aliphatic carbocycles. The predicted octanol–water partition coefficient (Wildman–Crippen LogP) is 1.58. The molecule has 8 heteroatoms. The van der Waals surface area contributed by atoms with Crippen LogP contribution in [0.1, 0.15) is 18.4 Å². The SMILES string of the molecule is Nc1ncc(C(F)(F)F)c(NC2CN3CCC2CC3)n1. The summed E-state index contributed by atoms with van der Waals surface area (Å²) in [5.41, 5.74) is 4.55. The number of halogens is 3. The molecule has 20 heavy (non-hydrogen) atoms. The second kappa shape index (κ2) is 4.76. The second-order valence-electron chi connectivity index (χ2n) is 5.38. The number of nitrogens with one attached hydrogen (secondary N) is 1. The molecule has 1 atom stereocenters. The summed E-state index contributed by atoms with van der Waals surface area (Å²) >= 11 is 0. The Balaban J connectivity index is 1.85. The molecular weight excluding hydrogens is 271 g/mol. The molecule has 3 aliphatic rings. The third-order valence-corrected chi connectivity index (χ3v) is 4.09. The summed E-state index contributed by atoms with van der Waals surface area (Å²) in [6.45, 7) is 2.81. The molecule has 0 saturated carbocycles.